The molecule has 0 N–H and O–H groups in total. The first kappa shape index (κ1) is 21.0. The van der Waals surface area contributed by atoms with E-state index in [4.69, 9.17) is 0 Å². The third-order valence-corrected chi connectivity index (χ3v) is 8.32. The van der Waals surface area contributed by atoms with Crippen molar-refractivity contribution in [3.8, 4) is 0 Å². The zero-order chi connectivity index (χ0) is 21.6. The number of nitrogens with zero attached hydrogens (tertiary/aromatic N) is 3. The van der Waals surface area contributed by atoms with Gasteiger partial charge in [-0.3, -0.25) is 19.3 Å². The normalized spacial score (nSPS) is 23.8. The number of amides is 3. The van der Waals surface area contributed by atoms with Crippen molar-refractivity contribution < 1.29 is 22.8 Å². The molecule has 2 atom stereocenters. The molecule has 0 radical (unpaired) electrons. The van der Waals surface area contributed by atoms with E-state index in [-0.39, 0.29) is 47.4 Å². The Bertz CT molecular complexity index is 980. The summed E-state index contributed by atoms with van der Waals surface area (Å²) in [4.78, 5) is 41.1. The molecule has 1 saturated heterocycles. The van der Waals surface area contributed by atoms with Gasteiger partial charge in [-0.2, -0.15) is 0 Å². The SMILES string of the molecule is CN(C)S(=O)(=O)c1ccc2c(c1)CCN2C(=O)CCN1C(=O)[C@H]2CCCC[C@H]2C1=O. The van der Waals surface area contributed by atoms with Crippen molar-refractivity contribution in [1.29, 1.82) is 0 Å². The highest BCUT2D eigenvalue weighted by atomic mass is 32.2. The summed E-state index contributed by atoms with van der Waals surface area (Å²) in [7, 11) is -0.569. The molecule has 0 aromatic heterocycles. The van der Waals surface area contributed by atoms with Crippen LogP contribution in [0.25, 0.3) is 0 Å². The Hall–Kier alpha value is -2.26. The van der Waals surface area contributed by atoms with Crippen molar-refractivity contribution in [3.05, 3.63) is 23.8 Å². The van der Waals surface area contributed by atoms with Crippen molar-refractivity contribution in [2.24, 2.45) is 11.8 Å². The first-order chi connectivity index (χ1) is 14.2. The Morgan fingerprint density at radius 2 is 1.73 bits per heavy atom. The lowest BCUT2D eigenvalue weighted by molar-refractivity contribution is -0.140. The van der Waals surface area contributed by atoms with Gasteiger partial charge in [0.2, 0.25) is 27.7 Å². The minimum absolute atomic E-state index is 0.0775. The van der Waals surface area contributed by atoms with Crippen LogP contribution in [0.4, 0.5) is 5.69 Å². The average molecular weight is 434 g/mol. The second-order valence-electron chi connectivity index (χ2n) is 8.45. The summed E-state index contributed by atoms with van der Waals surface area (Å²) in [5, 5.41) is 0. The van der Waals surface area contributed by atoms with E-state index in [1.54, 1.807) is 17.0 Å². The molecule has 3 aliphatic rings. The van der Waals surface area contributed by atoms with Gasteiger partial charge in [0, 0.05) is 39.3 Å². The number of hydrogen-bond acceptors (Lipinski definition) is 5. The van der Waals surface area contributed by atoms with Gasteiger partial charge in [-0.15, -0.1) is 0 Å². The summed E-state index contributed by atoms with van der Waals surface area (Å²) in [6.45, 7) is 0.579. The van der Waals surface area contributed by atoms with Crippen LogP contribution in [-0.4, -0.2) is 62.5 Å². The van der Waals surface area contributed by atoms with Crippen LogP contribution in [-0.2, 0) is 30.8 Å². The molecule has 8 nitrogen and oxygen atoms in total. The summed E-state index contributed by atoms with van der Waals surface area (Å²) >= 11 is 0. The molecule has 1 saturated carbocycles. The van der Waals surface area contributed by atoms with Crippen molar-refractivity contribution >= 4 is 33.4 Å². The van der Waals surface area contributed by atoms with Crippen molar-refractivity contribution in [3.63, 3.8) is 0 Å². The van der Waals surface area contributed by atoms with Crippen LogP contribution >= 0.6 is 0 Å². The van der Waals surface area contributed by atoms with Crippen LogP contribution in [0.15, 0.2) is 23.1 Å². The minimum Gasteiger partial charge on any atom is -0.312 e. The molecule has 2 heterocycles. The molecule has 0 bridgehead atoms. The van der Waals surface area contributed by atoms with E-state index in [2.05, 4.69) is 0 Å². The molecule has 9 heteroatoms. The highest BCUT2D eigenvalue weighted by molar-refractivity contribution is 7.89. The maximum atomic E-state index is 12.8. The largest absolute Gasteiger partial charge is 0.312 e. The van der Waals surface area contributed by atoms with E-state index < -0.39 is 10.0 Å². The van der Waals surface area contributed by atoms with Crippen molar-refractivity contribution in [2.45, 2.75) is 43.4 Å². The molecule has 4 rings (SSSR count). The van der Waals surface area contributed by atoms with E-state index in [0.717, 1.165) is 35.6 Å². The van der Waals surface area contributed by atoms with Crippen LogP contribution in [0.1, 0.15) is 37.7 Å². The second-order valence-corrected chi connectivity index (χ2v) is 10.6. The number of likely N-dealkylation sites (tertiary alicyclic amines) is 1. The number of sulfonamides is 1. The molecule has 1 aromatic carbocycles. The fraction of sp³-hybridized carbons (Fsp3) is 0.571. The Morgan fingerprint density at radius 3 is 2.33 bits per heavy atom. The first-order valence-corrected chi connectivity index (χ1v) is 11.9. The van der Waals surface area contributed by atoms with E-state index in [1.807, 2.05) is 0 Å². The number of carbonyl (C=O) groups is 3. The van der Waals surface area contributed by atoms with Gasteiger partial charge in [0.1, 0.15) is 0 Å². The van der Waals surface area contributed by atoms with Crippen LogP contribution < -0.4 is 4.90 Å². The average Bonchev–Trinajstić information content (AvgIpc) is 3.26. The van der Waals surface area contributed by atoms with E-state index in [9.17, 15) is 22.8 Å². The predicted molar refractivity (Wildman–Crippen MR) is 110 cm³/mol. The standard InChI is InChI=1S/C21H27N3O5S/c1-22(2)30(28,29)15-7-8-18-14(13-15)9-11-23(18)19(25)10-12-24-20(26)16-5-3-4-6-17(16)21(24)27/h7-8,13,16-17H,3-6,9-12H2,1-2H3/t16-,17+. The highest BCUT2D eigenvalue weighted by Crippen LogP contribution is 2.38. The number of benzene rings is 1. The third kappa shape index (κ3) is 3.43. The summed E-state index contributed by atoms with van der Waals surface area (Å²) < 4.78 is 25.8. The number of rotatable bonds is 5. The van der Waals surface area contributed by atoms with Crippen LogP contribution in [0, 0.1) is 11.8 Å². The fourth-order valence-corrected chi connectivity index (χ4v) is 5.76. The minimum atomic E-state index is -3.53. The summed E-state index contributed by atoms with van der Waals surface area (Å²) in [6, 6.07) is 4.80. The number of fused-ring (bicyclic) bond motifs is 2. The van der Waals surface area contributed by atoms with Crippen molar-refractivity contribution in [2.75, 3.05) is 32.1 Å². The Balaban J connectivity index is 1.44. The number of hydrogen-bond donors (Lipinski definition) is 0. The topological polar surface area (TPSA) is 95.1 Å². The smallest absolute Gasteiger partial charge is 0.242 e. The summed E-state index contributed by atoms with van der Waals surface area (Å²) in [6.07, 6.45) is 4.12. The van der Waals surface area contributed by atoms with Gasteiger partial charge < -0.3 is 4.90 Å². The summed E-state index contributed by atoms with van der Waals surface area (Å²) in [5.41, 5.74) is 1.51. The third-order valence-electron chi connectivity index (χ3n) is 6.51. The van der Waals surface area contributed by atoms with Gasteiger partial charge >= 0.3 is 0 Å². The quantitative estimate of drug-likeness (QED) is 0.654. The highest BCUT2D eigenvalue weighted by Gasteiger charge is 2.48. The fourth-order valence-electron chi connectivity index (χ4n) is 4.80. The van der Waals surface area contributed by atoms with Crippen LogP contribution in [0.3, 0.4) is 0 Å². The van der Waals surface area contributed by atoms with E-state index >= 15 is 0 Å². The maximum absolute atomic E-state index is 12.8. The molecule has 3 amide bonds. The lowest BCUT2D eigenvalue weighted by Gasteiger charge is -2.20. The van der Waals surface area contributed by atoms with Crippen molar-refractivity contribution in [1.82, 2.24) is 9.21 Å². The van der Waals surface area contributed by atoms with E-state index in [1.165, 1.54) is 25.1 Å². The Morgan fingerprint density at radius 1 is 1.10 bits per heavy atom. The van der Waals surface area contributed by atoms with E-state index in [0.29, 0.717) is 18.7 Å². The summed E-state index contributed by atoms with van der Waals surface area (Å²) in [5.74, 6) is -0.819. The van der Waals surface area contributed by atoms with Gasteiger partial charge in [0.25, 0.3) is 0 Å². The Labute approximate surface area is 176 Å². The van der Waals surface area contributed by atoms with Gasteiger partial charge in [0.15, 0.2) is 0 Å². The first-order valence-electron chi connectivity index (χ1n) is 10.4. The van der Waals surface area contributed by atoms with Gasteiger partial charge in [-0.1, -0.05) is 12.8 Å². The number of carbonyl (C=O) groups excluding carboxylic acids is 3. The van der Waals surface area contributed by atoms with Gasteiger partial charge in [0.05, 0.1) is 16.7 Å². The zero-order valence-corrected chi connectivity index (χ0v) is 18.2. The van der Waals surface area contributed by atoms with Crippen LogP contribution in [0.5, 0.6) is 0 Å². The second kappa shape index (κ2) is 7.77. The lowest BCUT2D eigenvalue weighted by atomic mass is 9.81. The maximum Gasteiger partial charge on any atom is 0.242 e. The van der Waals surface area contributed by atoms with Crippen LogP contribution in [0.2, 0.25) is 0 Å². The molecule has 1 aromatic rings. The molecule has 2 fully saturated rings. The molecular formula is C21H27N3O5S. The zero-order valence-electron chi connectivity index (χ0n) is 17.3. The van der Waals surface area contributed by atoms with Gasteiger partial charge in [-0.05, 0) is 43.0 Å². The molecule has 0 unspecified atom stereocenters. The predicted octanol–water partition coefficient (Wildman–Crippen LogP) is 1.39. The molecule has 2 aliphatic heterocycles. The molecule has 1 aliphatic carbocycles. The monoisotopic (exact) mass is 433 g/mol. The Kier molecular flexibility index (Phi) is 5.44. The number of imide groups is 1. The number of anilines is 1. The molecular weight excluding hydrogens is 406 g/mol. The molecule has 0 spiro atoms. The molecule has 30 heavy (non-hydrogen) atoms. The van der Waals surface area contributed by atoms with Gasteiger partial charge in [-0.25, -0.2) is 12.7 Å². The lowest BCUT2D eigenvalue weighted by Crippen LogP contribution is -2.36. The molecule has 162 valence electrons.